The highest BCUT2D eigenvalue weighted by atomic mass is 14.0. The van der Waals surface area contributed by atoms with E-state index in [1.165, 1.54) is 27.5 Å². The lowest BCUT2D eigenvalue weighted by Crippen LogP contribution is -1.76. The quantitative estimate of drug-likeness (QED) is 0.364. The van der Waals surface area contributed by atoms with E-state index in [0.29, 0.717) is 0 Å². The molecule has 0 aliphatic heterocycles. The minimum atomic E-state index is 1.16. The summed E-state index contributed by atoms with van der Waals surface area (Å²) in [4.78, 5) is 0. The van der Waals surface area contributed by atoms with Crippen LogP contribution in [0.2, 0.25) is 0 Å². The van der Waals surface area contributed by atoms with Crippen LogP contribution in [0, 0.1) is 0 Å². The van der Waals surface area contributed by atoms with Crippen LogP contribution in [0.5, 0.6) is 0 Å². The van der Waals surface area contributed by atoms with Crippen LogP contribution in [0.3, 0.4) is 0 Å². The van der Waals surface area contributed by atoms with Gasteiger partial charge in [-0.25, -0.2) is 0 Å². The third-order valence-electron chi connectivity index (χ3n) is 4.30. The van der Waals surface area contributed by atoms with Crippen LogP contribution in [0.4, 0.5) is 0 Å². The standard InChI is InChI=1S/C14H12.C12H10/c1-2-12-8-10-14(11-9-12)13-6-4-3-5-7-13;1-2-10-7-5-8-11-6-3-4-9-12(10)11/h2-11H,1H2;2-9H,1H2. The topological polar surface area (TPSA) is 0 Å². The summed E-state index contributed by atoms with van der Waals surface area (Å²) in [6.07, 6.45) is 3.75. The van der Waals surface area contributed by atoms with E-state index in [4.69, 9.17) is 0 Å². The summed E-state index contributed by atoms with van der Waals surface area (Å²) in [7, 11) is 0. The highest BCUT2D eigenvalue weighted by Crippen LogP contribution is 2.20. The summed E-state index contributed by atoms with van der Waals surface area (Å²) >= 11 is 0. The lowest BCUT2D eigenvalue weighted by Gasteiger charge is -2.01. The first-order valence-corrected chi connectivity index (χ1v) is 8.70. The predicted octanol–water partition coefficient (Wildman–Crippen LogP) is 7.48. The normalized spacial score (nSPS) is 9.85. The van der Waals surface area contributed by atoms with Gasteiger partial charge in [0, 0.05) is 0 Å². The van der Waals surface area contributed by atoms with E-state index in [1.807, 2.05) is 18.2 Å². The van der Waals surface area contributed by atoms with Gasteiger partial charge in [0.1, 0.15) is 0 Å². The Morgan fingerprint density at radius 3 is 1.81 bits per heavy atom. The molecule has 0 aliphatic rings. The molecule has 4 aromatic rings. The number of hydrogen-bond donors (Lipinski definition) is 0. The molecule has 0 radical (unpaired) electrons. The van der Waals surface area contributed by atoms with E-state index in [0.717, 1.165) is 5.56 Å². The average molecular weight is 334 g/mol. The molecule has 0 unspecified atom stereocenters. The molecule has 0 heterocycles. The van der Waals surface area contributed by atoms with Crippen molar-refractivity contribution in [2.24, 2.45) is 0 Å². The van der Waals surface area contributed by atoms with Crippen LogP contribution in [0.1, 0.15) is 11.1 Å². The molecule has 0 atom stereocenters. The van der Waals surface area contributed by atoms with Crippen molar-refractivity contribution in [1.82, 2.24) is 0 Å². The van der Waals surface area contributed by atoms with Gasteiger partial charge in [0.05, 0.1) is 0 Å². The Kier molecular flexibility index (Phi) is 5.80. The minimum Gasteiger partial charge on any atom is -0.0985 e. The summed E-state index contributed by atoms with van der Waals surface area (Å²) in [5.41, 5.74) is 4.86. The molecule has 0 heteroatoms. The van der Waals surface area contributed by atoms with Gasteiger partial charge in [-0.3, -0.25) is 0 Å². The van der Waals surface area contributed by atoms with Crippen molar-refractivity contribution in [3.8, 4) is 11.1 Å². The molecular formula is C26H22. The Bertz CT molecular complexity index is 988. The van der Waals surface area contributed by atoms with Crippen molar-refractivity contribution in [3.63, 3.8) is 0 Å². The first-order valence-electron chi connectivity index (χ1n) is 8.70. The highest BCUT2D eigenvalue weighted by molar-refractivity contribution is 5.90. The molecule has 0 N–H and O–H groups in total. The van der Waals surface area contributed by atoms with Gasteiger partial charge in [-0.1, -0.05) is 122 Å². The van der Waals surface area contributed by atoms with Gasteiger partial charge >= 0.3 is 0 Å². The average Bonchev–Trinajstić information content (AvgIpc) is 2.74. The maximum absolute atomic E-state index is 3.78. The molecule has 0 saturated carbocycles. The predicted molar refractivity (Wildman–Crippen MR) is 116 cm³/mol. The highest BCUT2D eigenvalue weighted by Gasteiger charge is 1.95. The maximum Gasteiger partial charge on any atom is -0.0112 e. The van der Waals surface area contributed by atoms with Crippen molar-refractivity contribution in [1.29, 1.82) is 0 Å². The summed E-state index contributed by atoms with van der Waals surface area (Å²) in [6.45, 7) is 7.51. The Morgan fingerprint density at radius 1 is 0.500 bits per heavy atom. The van der Waals surface area contributed by atoms with E-state index < -0.39 is 0 Å². The lowest BCUT2D eigenvalue weighted by molar-refractivity contribution is 1.60. The van der Waals surface area contributed by atoms with E-state index in [2.05, 4.69) is 104 Å². The molecule has 0 fully saturated rings. The van der Waals surface area contributed by atoms with Gasteiger partial charge in [0.25, 0.3) is 0 Å². The third-order valence-corrected chi connectivity index (χ3v) is 4.30. The first-order chi connectivity index (χ1) is 12.8. The van der Waals surface area contributed by atoms with Gasteiger partial charge in [-0.15, -0.1) is 0 Å². The second kappa shape index (κ2) is 8.64. The lowest BCUT2D eigenvalue weighted by atomic mass is 10.0. The molecule has 0 aliphatic carbocycles. The van der Waals surface area contributed by atoms with Gasteiger partial charge in [-0.05, 0) is 33.0 Å². The molecule has 26 heavy (non-hydrogen) atoms. The fraction of sp³-hybridized carbons (Fsp3) is 0. The monoisotopic (exact) mass is 334 g/mol. The second-order valence-electron chi connectivity index (χ2n) is 5.96. The Balaban J connectivity index is 0.000000152. The number of hydrogen-bond acceptors (Lipinski definition) is 0. The fourth-order valence-corrected chi connectivity index (χ4v) is 2.87. The molecule has 126 valence electrons. The number of fused-ring (bicyclic) bond motifs is 1. The third kappa shape index (κ3) is 4.17. The smallest absolute Gasteiger partial charge is 0.0112 e. The van der Waals surface area contributed by atoms with E-state index in [9.17, 15) is 0 Å². The largest absolute Gasteiger partial charge is 0.0985 e. The zero-order valence-electron chi connectivity index (χ0n) is 14.8. The molecule has 0 spiro atoms. The van der Waals surface area contributed by atoms with Crippen LogP contribution in [0.15, 0.2) is 110 Å². The Hall–Kier alpha value is -3.38. The molecule has 0 saturated heterocycles. The van der Waals surface area contributed by atoms with Crippen LogP contribution in [0.25, 0.3) is 34.1 Å². The van der Waals surface area contributed by atoms with Crippen molar-refractivity contribution in [3.05, 3.63) is 121 Å². The van der Waals surface area contributed by atoms with E-state index in [-0.39, 0.29) is 0 Å². The van der Waals surface area contributed by atoms with E-state index >= 15 is 0 Å². The van der Waals surface area contributed by atoms with Crippen LogP contribution in [-0.4, -0.2) is 0 Å². The molecule has 4 aromatic carbocycles. The zero-order valence-corrected chi connectivity index (χ0v) is 14.8. The zero-order chi connectivity index (χ0) is 18.2. The maximum atomic E-state index is 3.78. The van der Waals surface area contributed by atoms with Gasteiger partial charge in [-0.2, -0.15) is 0 Å². The van der Waals surface area contributed by atoms with Crippen LogP contribution in [-0.2, 0) is 0 Å². The molecule has 4 rings (SSSR count). The van der Waals surface area contributed by atoms with Crippen molar-refractivity contribution in [2.75, 3.05) is 0 Å². The van der Waals surface area contributed by atoms with Crippen molar-refractivity contribution in [2.45, 2.75) is 0 Å². The Labute approximate surface area is 155 Å². The summed E-state index contributed by atoms with van der Waals surface area (Å²) < 4.78 is 0. The fourth-order valence-electron chi connectivity index (χ4n) is 2.87. The summed E-state index contributed by atoms with van der Waals surface area (Å²) in [5, 5.41) is 2.55. The van der Waals surface area contributed by atoms with Gasteiger partial charge < -0.3 is 0 Å². The van der Waals surface area contributed by atoms with Crippen molar-refractivity contribution < 1.29 is 0 Å². The molecule has 0 bridgehead atoms. The molecule has 0 aromatic heterocycles. The number of rotatable bonds is 3. The minimum absolute atomic E-state index is 1.16. The van der Waals surface area contributed by atoms with Crippen LogP contribution < -0.4 is 0 Å². The van der Waals surface area contributed by atoms with Gasteiger partial charge in [0.2, 0.25) is 0 Å². The van der Waals surface area contributed by atoms with Gasteiger partial charge in [0.15, 0.2) is 0 Å². The Morgan fingerprint density at radius 2 is 1.12 bits per heavy atom. The van der Waals surface area contributed by atoms with Crippen LogP contribution >= 0.6 is 0 Å². The first kappa shape index (κ1) is 17.4. The molecule has 0 amide bonds. The summed E-state index contributed by atoms with van der Waals surface area (Å²) in [6, 6.07) is 33.3. The molecular weight excluding hydrogens is 312 g/mol. The second-order valence-corrected chi connectivity index (χ2v) is 5.96. The van der Waals surface area contributed by atoms with E-state index in [1.54, 1.807) is 0 Å². The van der Waals surface area contributed by atoms with Crippen molar-refractivity contribution >= 4 is 22.9 Å². The molecule has 0 nitrogen and oxygen atoms in total. The number of benzene rings is 4. The summed E-state index contributed by atoms with van der Waals surface area (Å²) in [5.74, 6) is 0. The SMILES string of the molecule is C=Cc1ccc(-c2ccccc2)cc1.C=Cc1cccc2ccccc12.